The number of rotatable bonds is 5. The van der Waals surface area contributed by atoms with Crippen molar-refractivity contribution >= 4 is 11.7 Å². The molecule has 1 atom stereocenters. The molecule has 0 aromatic carbocycles. The molecule has 1 amide bonds. The zero-order chi connectivity index (χ0) is 14.5. The van der Waals surface area contributed by atoms with Crippen molar-refractivity contribution in [3.63, 3.8) is 0 Å². The number of amides is 1. The van der Waals surface area contributed by atoms with Crippen LogP contribution in [-0.2, 0) is 0 Å². The second-order valence-electron chi connectivity index (χ2n) is 4.44. The Morgan fingerprint density at radius 2 is 2.30 bits per heavy atom. The van der Waals surface area contributed by atoms with Gasteiger partial charge in [-0.2, -0.15) is 0 Å². The summed E-state index contributed by atoms with van der Waals surface area (Å²) in [6.07, 6.45) is 4.14. The maximum absolute atomic E-state index is 12.3. The SMILES string of the molecule is CCC(NC(=O)c1cc(C)nc(NN)c1)c1ncc[nH]1. The third kappa shape index (κ3) is 3.12. The molecular formula is C13H18N6O. The second-order valence-corrected chi connectivity index (χ2v) is 4.44. The third-order valence-corrected chi connectivity index (χ3v) is 2.93. The molecule has 0 radical (unpaired) electrons. The van der Waals surface area contributed by atoms with Gasteiger partial charge in [-0.25, -0.2) is 15.8 Å². The van der Waals surface area contributed by atoms with Gasteiger partial charge in [0.2, 0.25) is 0 Å². The van der Waals surface area contributed by atoms with Gasteiger partial charge in [-0.15, -0.1) is 0 Å². The molecule has 0 aliphatic heterocycles. The predicted molar refractivity (Wildman–Crippen MR) is 75.9 cm³/mol. The minimum atomic E-state index is -0.185. The number of aromatic nitrogens is 3. The van der Waals surface area contributed by atoms with E-state index in [9.17, 15) is 4.79 Å². The van der Waals surface area contributed by atoms with Gasteiger partial charge in [-0.1, -0.05) is 6.92 Å². The van der Waals surface area contributed by atoms with Crippen molar-refractivity contribution in [3.05, 3.63) is 41.6 Å². The number of nitrogens with two attached hydrogens (primary N) is 1. The lowest BCUT2D eigenvalue weighted by molar-refractivity contribution is 0.0933. The summed E-state index contributed by atoms with van der Waals surface area (Å²) in [6, 6.07) is 3.17. The van der Waals surface area contributed by atoms with E-state index in [-0.39, 0.29) is 11.9 Å². The highest BCUT2D eigenvalue weighted by molar-refractivity contribution is 5.95. The Balaban J connectivity index is 2.17. The van der Waals surface area contributed by atoms with E-state index in [1.807, 2.05) is 6.92 Å². The maximum Gasteiger partial charge on any atom is 0.252 e. The standard InChI is InChI=1S/C13H18N6O/c1-3-10(12-15-4-5-16-12)18-13(20)9-6-8(2)17-11(7-9)19-14/h4-7,10H,3,14H2,1-2H3,(H,15,16)(H,17,19)(H,18,20). The van der Waals surface area contributed by atoms with Gasteiger partial charge in [0.25, 0.3) is 5.91 Å². The molecule has 0 bridgehead atoms. The van der Waals surface area contributed by atoms with Crippen LogP contribution in [-0.4, -0.2) is 20.9 Å². The zero-order valence-electron chi connectivity index (χ0n) is 11.5. The third-order valence-electron chi connectivity index (χ3n) is 2.93. The number of aromatic amines is 1. The number of hydrogen-bond donors (Lipinski definition) is 4. The molecule has 2 heterocycles. The Labute approximate surface area is 117 Å². The van der Waals surface area contributed by atoms with Gasteiger partial charge in [0.15, 0.2) is 0 Å². The summed E-state index contributed by atoms with van der Waals surface area (Å²) < 4.78 is 0. The van der Waals surface area contributed by atoms with Crippen LogP contribution in [0.5, 0.6) is 0 Å². The highest BCUT2D eigenvalue weighted by atomic mass is 16.1. The largest absolute Gasteiger partial charge is 0.347 e. The van der Waals surface area contributed by atoms with Gasteiger partial charge >= 0.3 is 0 Å². The molecule has 0 saturated heterocycles. The van der Waals surface area contributed by atoms with Crippen LogP contribution in [0.3, 0.4) is 0 Å². The summed E-state index contributed by atoms with van der Waals surface area (Å²) in [5, 5.41) is 2.93. The maximum atomic E-state index is 12.3. The lowest BCUT2D eigenvalue weighted by Gasteiger charge is -2.15. The van der Waals surface area contributed by atoms with E-state index in [0.29, 0.717) is 11.4 Å². The van der Waals surface area contributed by atoms with E-state index in [0.717, 1.165) is 17.9 Å². The van der Waals surface area contributed by atoms with E-state index in [2.05, 4.69) is 25.7 Å². The molecule has 7 heteroatoms. The highest BCUT2D eigenvalue weighted by Gasteiger charge is 2.16. The van der Waals surface area contributed by atoms with E-state index in [1.54, 1.807) is 31.5 Å². The number of hydrogen-bond acceptors (Lipinski definition) is 5. The fourth-order valence-electron chi connectivity index (χ4n) is 1.95. The van der Waals surface area contributed by atoms with Crippen molar-refractivity contribution in [2.75, 3.05) is 5.43 Å². The number of nitrogen functional groups attached to an aromatic ring is 1. The first kappa shape index (κ1) is 14.0. The van der Waals surface area contributed by atoms with Crippen LogP contribution in [0.15, 0.2) is 24.5 Å². The van der Waals surface area contributed by atoms with Crippen LogP contribution < -0.4 is 16.6 Å². The number of aryl methyl sites for hydroxylation is 1. The van der Waals surface area contributed by atoms with Gasteiger partial charge in [0, 0.05) is 23.7 Å². The van der Waals surface area contributed by atoms with Crippen molar-refractivity contribution in [1.29, 1.82) is 0 Å². The topological polar surface area (TPSA) is 109 Å². The molecule has 0 aliphatic carbocycles. The molecule has 2 aromatic heterocycles. The van der Waals surface area contributed by atoms with E-state index in [1.165, 1.54) is 0 Å². The molecule has 1 unspecified atom stereocenters. The quantitative estimate of drug-likeness (QED) is 0.485. The molecule has 0 fully saturated rings. The molecule has 20 heavy (non-hydrogen) atoms. The van der Waals surface area contributed by atoms with Gasteiger partial charge in [-0.3, -0.25) is 4.79 Å². The zero-order valence-corrected chi connectivity index (χ0v) is 11.5. The summed E-state index contributed by atoms with van der Waals surface area (Å²) in [5.74, 6) is 6.35. The van der Waals surface area contributed by atoms with E-state index in [4.69, 9.17) is 5.84 Å². The summed E-state index contributed by atoms with van der Waals surface area (Å²) in [6.45, 7) is 3.79. The number of nitrogens with zero attached hydrogens (tertiary/aromatic N) is 2. The Morgan fingerprint density at radius 3 is 2.90 bits per heavy atom. The second kappa shape index (κ2) is 6.16. The fourth-order valence-corrected chi connectivity index (χ4v) is 1.95. The molecule has 7 nitrogen and oxygen atoms in total. The first-order valence-corrected chi connectivity index (χ1v) is 6.39. The summed E-state index contributed by atoms with van der Waals surface area (Å²) in [5.41, 5.74) is 3.68. The average molecular weight is 274 g/mol. The monoisotopic (exact) mass is 274 g/mol. The van der Waals surface area contributed by atoms with Crippen LogP contribution in [0.4, 0.5) is 5.82 Å². The van der Waals surface area contributed by atoms with Crippen molar-refractivity contribution in [2.45, 2.75) is 26.3 Å². The number of imidazole rings is 1. The van der Waals surface area contributed by atoms with Crippen LogP contribution in [0.1, 0.15) is 41.3 Å². The number of carbonyl (C=O) groups excluding carboxylic acids is 1. The number of hydrazine groups is 1. The Bertz CT molecular complexity index is 581. The number of carbonyl (C=O) groups is 1. The summed E-state index contributed by atoms with van der Waals surface area (Å²) in [4.78, 5) is 23.6. The Morgan fingerprint density at radius 1 is 1.50 bits per heavy atom. The molecule has 0 spiro atoms. The van der Waals surface area contributed by atoms with E-state index < -0.39 is 0 Å². The lowest BCUT2D eigenvalue weighted by Crippen LogP contribution is -2.29. The van der Waals surface area contributed by atoms with Gasteiger partial charge < -0.3 is 15.7 Å². The smallest absolute Gasteiger partial charge is 0.252 e. The van der Waals surface area contributed by atoms with Crippen LogP contribution in [0, 0.1) is 6.92 Å². The Kier molecular flexibility index (Phi) is 4.31. The van der Waals surface area contributed by atoms with Crippen LogP contribution in [0.25, 0.3) is 0 Å². The normalized spacial score (nSPS) is 11.9. The molecular weight excluding hydrogens is 256 g/mol. The Hall–Kier alpha value is -2.41. The van der Waals surface area contributed by atoms with Crippen LogP contribution in [0.2, 0.25) is 0 Å². The predicted octanol–water partition coefficient (Wildman–Crippen LogP) is 1.28. The summed E-state index contributed by atoms with van der Waals surface area (Å²) >= 11 is 0. The number of anilines is 1. The minimum absolute atomic E-state index is 0.153. The number of nitrogens with one attached hydrogen (secondary N) is 3. The molecule has 0 saturated carbocycles. The molecule has 0 aliphatic rings. The molecule has 2 rings (SSSR count). The van der Waals surface area contributed by atoms with Crippen molar-refractivity contribution in [1.82, 2.24) is 20.3 Å². The lowest BCUT2D eigenvalue weighted by atomic mass is 10.1. The number of pyridine rings is 1. The minimum Gasteiger partial charge on any atom is -0.347 e. The number of H-pyrrole nitrogens is 1. The first-order chi connectivity index (χ1) is 9.63. The first-order valence-electron chi connectivity index (χ1n) is 6.39. The van der Waals surface area contributed by atoms with Crippen molar-refractivity contribution in [3.8, 4) is 0 Å². The highest BCUT2D eigenvalue weighted by Crippen LogP contribution is 2.14. The van der Waals surface area contributed by atoms with Gasteiger partial charge in [0.1, 0.15) is 11.6 Å². The summed E-state index contributed by atoms with van der Waals surface area (Å²) in [7, 11) is 0. The fraction of sp³-hybridized carbons (Fsp3) is 0.308. The van der Waals surface area contributed by atoms with E-state index >= 15 is 0 Å². The van der Waals surface area contributed by atoms with Gasteiger partial charge in [0.05, 0.1) is 6.04 Å². The van der Waals surface area contributed by atoms with Crippen LogP contribution >= 0.6 is 0 Å². The molecule has 2 aromatic rings. The molecule has 106 valence electrons. The van der Waals surface area contributed by atoms with Crippen molar-refractivity contribution < 1.29 is 4.79 Å². The van der Waals surface area contributed by atoms with Gasteiger partial charge in [-0.05, 0) is 25.5 Å². The average Bonchev–Trinajstić information content (AvgIpc) is 2.97. The molecule has 5 N–H and O–H groups in total. The van der Waals surface area contributed by atoms with Crippen molar-refractivity contribution in [2.24, 2.45) is 5.84 Å².